The monoisotopic (exact) mass is 465 g/mol. The van der Waals surface area contributed by atoms with Gasteiger partial charge in [0.25, 0.3) is 5.91 Å². The minimum absolute atomic E-state index is 0.130. The number of thiazole rings is 1. The van der Waals surface area contributed by atoms with E-state index >= 15 is 0 Å². The lowest BCUT2D eigenvalue weighted by atomic mass is 10.0. The molecule has 1 atom stereocenters. The van der Waals surface area contributed by atoms with Crippen molar-refractivity contribution in [2.75, 3.05) is 13.2 Å². The van der Waals surface area contributed by atoms with E-state index in [1.165, 1.54) is 23.5 Å². The number of aryl methyl sites for hydroxylation is 2. The number of phenols is 1. The zero-order valence-electron chi connectivity index (χ0n) is 18.4. The zero-order valence-corrected chi connectivity index (χ0v) is 19.2. The van der Waals surface area contributed by atoms with Crippen molar-refractivity contribution in [3.63, 3.8) is 0 Å². The van der Waals surface area contributed by atoms with E-state index in [-0.39, 0.29) is 22.9 Å². The number of amides is 1. The largest absolute Gasteiger partial charge is 0.508 e. The van der Waals surface area contributed by atoms with Gasteiger partial charge in [0.2, 0.25) is 0 Å². The maximum atomic E-state index is 14.0. The van der Waals surface area contributed by atoms with Crippen LogP contribution in [0.3, 0.4) is 0 Å². The van der Waals surface area contributed by atoms with Gasteiger partial charge in [0.1, 0.15) is 28.3 Å². The second kappa shape index (κ2) is 10.1. The summed E-state index contributed by atoms with van der Waals surface area (Å²) in [5.41, 5.74) is 2.55. The molecule has 6 nitrogen and oxygen atoms in total. The van der Waals surface area contributed by atoms with E-state index < -0.39 is 17.8 Å². The van der Waals surface area contributed by atoms with Crippen LogP contribution < -0.4 is 5.32 Å². The lowest BCUT2D eigenvalue weighted by Crippen LogP contribution is -2.30. The third kappa shape index (κ3) is 5.75. The summed E-state index contributed by atoms with van der Waals surface area (Å²) in [6.45, 7) is 5.06. The number of nitrogens with one attached hydrogen (secondary N) is 1. The summed E-state index contributed by atoms with van der Waals surface area (Å²) < 4.78 is 19.3. The van der Waals surface area contributed by atoms with Gasteiger partial charge in [0.15, 0.2) is 0 Å². The first-order valence-electron chi connectivity index (χ1n) is 10.7. The highest BCUT2D eigenvalue weighted by atomic mass is 32.1. The molecule has 0 saturated carbocycles. The van der Waals surface area contributed by atoms with Gasteiger partial charge in [-0.15, -0.1) is 11.3 Å². The van der Waals surface area contributed by atoms with Crippen LogP contribution in [0, 0.1) is 37.4 Å². The van der Waals surface area contributed by atoms with Crippen LogP contribution in [0.5, 0.6) is 5.75 Å². The predicted molar refractivity (Wildman–Crippen MR) is 124 cm³/mol. The maximum absolute atomic E-state index is 14.0. The summed E-state index contributed by atoms with van der Waals surface area (Å²) in [7, 11) is 0. The van der Waals surface area contributed by atoms with Crippen LogP contribution in [0.1, 0.15) is 56.9 Å². The molecule has 0 radical (unpaired) electrons. The molecule has 33 heavy (non-hydrogen) atoms. The highest BCUT2D eigenvalue weighted by Gasteiger charge is 2.25. The molecule has 1 fully saturated rings. The van der Waals surface area contributed by atoms with Gasteiger partial charge in [0, 0.05) is 47.0 Å². The molecule has 1 amide bonds. The van der Waals surface area contributed by atoms with Crippen LogP contribution >= 0.6 is 11.3 Å². The Balaban J connectivity index is 1.62. The molecule has 2 aromatic heterocycles. The number of benzene rings is 1. The molecule has 8 heteroatoms. The first-order chi connectivity index (χ1) is 15.9. The third-order valence-corrected chi connectivity index (χ3v) is 6.32. The number of pyridine rings is 1. The standard InChI is InChI=1S/C25H24FN3O3S/c1-15-11-18(4-3-17-7-9-32-10-8-17)12-21(27-15)24(31)29-23(25-28-16(2)14-33-25)20-13-19(26)5-6-22(20)30/h5-6,11-14,17,23,30H,7-10H2,1-2H3,(H,29,31). The Bertz CT molecular complexity index is 1230. The van der Waals surface area contributed by atoms with Crippen molar-refractivity contribution in [3.8, 4) is 17.6 Å². The Hall–Kier alpha value is -3.28. The Morgan fingerprint density at radius 3 is 2.73 bits per heavy atom. The van der Waals surface area contributed by atoms with Gasteiger partial charge in [-0.25, -0.2) is 14.4 Å². The lowest BCUT2D eigenvalue weighted by molar-refractivity contribution is 0.0807. The zero-order chi connectivity index (χ0) is 23.4. The first kappa shape index (κ1) is 22.9. The minimum atomic E-state index is -0.828. The van der Waals surface area contributed by atoms with E-state index in [0.29, 0.717) is 29.5 Å². The second-order valence-electron chi connectivity index (χ2n) is 7.98. The molecule has 0 spiro atoms. The number of halogens is 1. The van der Waals surface area contributed by atoms with E-state index in [1.54, 1.807) is 13.0 Å². The normalized spacial score (nSPS) is 14.9. The molecule has 1 unspecified atom stereocenters. The van der Waals surface area contributed by atoms with Gasteiger partial charge in [-0.1, -0.05) is 11.8 Å². The summed E-state index contributed by atoms with van der Waals surface area (Å²) in [4.78, 5) is 22.0. The summed E-state index contributed by atoms with van der Waals surface area (Å²) in [6.07, 6.45) is 1.80. The number of carbonyl (C=O) groups excluding carboxylic acids is 1. The van der Waals surface area contributed by atoms with Crippen molar-refractivity contribution < 1.29 is 19.0 Å². The molecular weight excluding hydrogens is 441 g/mol. The number of hydrogen-bond donors (Lipinski definition) is 2. The molecule has 170 valence electrons. The van der Waals surface area contributed by atoms with Crippen molar-refractivity contribution in [1.29, 1.82) is 0 Å². The summed E-state index contributed by atoms with van der Waals surface area (Å²) in [5.74, 6) is 5.59. The van der Waals surface area contributed by atoms with Gasteiger partial charge >= 0.3 is 0 Å². The van der Waals surface area contributed by atoms with Crippen molar-refractivity contribution in [2.45, 2.75) is 32.7 Å². The molecule has 0 bridgehead atoms. The second-order valence-corrected chi connectivity index (χ2v) is 8.86. The van der Waals surface area contributed by atoms with Gasteiger partial charge in [-0.3, -0.25) is 4.79 Å². The molecule has 3 heterocycles. The van der Waals surface area contributed by atoms with Crippen LogP contribution in [0.4, 0.5) is 4.39 Å². The van der Waals surface area contributed by atoms with Gasteiger partial charge < -0.3 is 15.2 Å². The number of nitrogens with zero attached hydrogens (tertiary/aromatic N) is 2. The summed E-state index contributed by atoms with van der Waals surface area (Å²) in [6, 6.07) is 6.28. The fourth-order valence-electron chi connectivity index (χ4n) is 3.62. The SMILES string of the molecule is Cc1cc(C#CC2CCOCC2)cc(C(=O)NC(c2nc(C)cs2)c2cc(F)ccc2O)n1. The average molecular weight is 466 g/mol. The Labute approximate surface area is 195 Å². The Morgan fingerprint density at radius 2 is 2.00 bits per heavy atom. The summed E-state index contributed by atoms with van der Waals surface area (Å²) in [5, 5.41) is 15.6. The number of aromatic nitrogens is 2. The van der Waals surface area contributed by atoms with E-state index in [9.17, 15) is 14.3 Å². The number of phenolic OH excluding ortho intramolecular Hbond substituents is 1. The quantitative estimate of drug-likeness (QED) is 0.562. The van der Waals surface area contributed by atoms with Crippen LogP contribution in [0.2, 0.25) is 0 Å². The molecule has 1 aromatic carbocycles. The fourth-order valence-corrected chi connectivity index (χ4v) is 4.49. The third-order valence-electron chi connectivity index (χ3n) is 5.29. The molecule has 1 aliphatic heterocycles. The van der Waals surface area contributed by atoms with Gasteiger partial charge in [-0.2, -0.15) is 0 Å². The topological polar surface area (TPSA) is 84.3 Å². The van der Waals surface area contributed by atoms with E-state index in [1.807, 2.05) is 18.4 Å². The van der Waals surface area contributed by atoms with E-state index in [2.05, 4.69) is 27.1 Å². The molecule has 1 saturated heterocycles. The lowest BCUT2D eigenvalue weighted by Gasteiger charge is -2.18. The molecular formula is C25H24FN3O3S. The number of carbonyl (C=O) groups is 1. The van der Waals surface area contributed by atoms with E-state index in [0.717, 1.165) is 24.6 Å². The van der Waals surface area contributed by atoms with Crippen LogP contribution in [0.25, 0.3) is 0 Å². The van der Waals surface area contributed by atoms with E-state index in [4.69, 9.17) is 4.74 Å². The number of ether oxygens (including phenoxy) is 1. The molecule has 0 aliphatic carbocycles. The Morgan fingerprint density at radius 1 is 1.21 bits per heavy atom. The van der Waals surface area contributed by atoms with Crippen LogP contribution in [-0.4, -0.2) is 34.2 Å². The number of hydrogen-bond acceptors (Lipinski definition) is 6. The first-order valence-corrected chi connectivity index (χ1v) is 11.6. The highest BCUT2D eigenvalue weighted by molar-refractivity contribution is 7.09. The predicted octanol–water partition coefficient (Wildman–Crippen LogP) is 4.30. The summed E-state index contributed by atoms with van der Waals surface area (Å²) >= 11 is 1.32. The van der Waals surface area contributed by atoms with Crippen molar-refractivity contribution >= 4 is 17.2 Å². The maximum Gasteiger partial charge on any atom is 0.270 e. The molecule has 1 aliphatic rings. The fraction of sp³-hybridized carbons (Fsp3) is 0.320. The molecule has 4 rings (SSSR count). The van der Waals surface area contributed by atoms with Crippen molar-refractivity contribution in [3.05, 3.63) is 74.7 Å². The van der Waals surface area contributed by atoms with Crippen molar-refractivity contribution in [2.24, 2.45) is 5.92 Å². The number of rotatable bonds is 4. The van der Waals surface area contributed by atoms with Crippen LogP contribution in [0.15, 0.2) is 35.7 Å². The molecule has 2 N–H and O–H groups in total. The smallest absolute Gasteiger partial charge is 0.270 e. The molecule has 3 aromatic rings. The van der Waals surface area contributed by atoms with Crippen molar-refractivity contribution in [1.82, 2.24) is 15.3 Å². The number of aromatic hydroxyl groups is 1. The minimum Gasteiger partial charge on any atom is -0.508 e. The van der Waals surface area contributed by atoms with Crippen LogP contribution in [-0.2, 0) is 4.74 Å². The Kier molecular flexibility index (Phi) is 7.02. The van der Waals surface area contributed by atoms with Gasteiger partial charge in [-0.05, 0) is 57.0 Å². The van der Waals surface area contributed by atoms with Gasteiger partial charge in [0.05, 0.1) is 0 Å². The highest BCUT2D eigenvalue weighted by Crippen LogP contribution is 2.32. The average Bonchev–Trinajstić information content (AvgIpc) is 3.24.